The second kappa shape index (κ2) is 6.59. The lowest BCUT2D eigenvalue weighted by atomic mass is 9.80. The lowest BCUT2D eigenvalue weighted by molar-refractivity contribution is 0.132. The minimum Gasteiger partial charge on any atom is -0.496 e. The van der Waals surface area contributed by atoms with Gasteiger partial charge in [-0.2, -0.15) is 0 Å². The van der Waals surface area contributed by atoms with E-state index in [2.05, 4.69) is 34.5 Å². The van der Waals surface area contributed by atoms with Crippen LogP contribution in [0.1, 0.15) is 37.2 Å². The zero-order chi connectivity index (χ0) is 13.8. The van der Waals surface area contributed by atoms with Crippen LogP contribution in [0.25, 0.3) is 0 Å². The molecule has 1 aliphatic carbocycles. The number of nitrogens with one attached hydrogen (secondary N) is 1. The number of piperazine rings is 1. The fourth-order valence-corrected chi connectivity index (χ4v) is 3.80. The summed E-state index contributed by atoms with van der Waals surface area (Å²) in [5.41, 5.74) is 1.41. The molecule has 2 aliphatic rings. The van der Waals surface area contributed by atoms with E-state index in [1.807, 2.05) is 0 Å². The molecule has 0 atom stereocenters. The third-order valence-corrected chi connectivity index (χ3v) is 4.94. The van der Waals surface area contributed by atoms with E-state index in [0.717, 1.165) is 24.9 Å². The lowest BCUT2D eigenvalue weighted by Crippen LogP contribution is -2.49. The van der Waals surface area contributed by atoms with Gasteiger partial charge >= 0.3 is 0 Å². The third-order valence-electron chi connectivity index (χ3n) is 4.94. The van der Waals surface area contributed by atoms with Crippen LogP contribution in [0, 0.1) is 0 Å². The maximum Gasteiger partial charge on any atom is 0.122 e. The topological polar surface area (TPSA) is 24.5 Å². The highest BCUT2D eigenvalue weighted by Crippen LogP contribution is 2.38. The highest BCUT2D eigenvalue weighted by Gasteiger charge is 2.28. The Balaban J connectivity index is 1.60. The van der Waals surface area contributed by atoms with Gasteiger partial charge in [0.15, 0.2) is 0 Å². The molecular weight excluding hydrogens is 248 g/mol. The van der Waals surface area contributed by atoms with E-state index >= 15 is 0 Å². The maximum absolute atomic E-state index is 5.52. The Bertz CT molecular complexity index is 421. The van der Waals surface area contributed by atoms with Crippen molar-refractivity contribution in [1.82, 2.24) is 10.2 Å². The number of methoxy groups -OCH3 is 1. The molecule has 3 rings (SSSR count). The molecule has 0 bridgehead atoms. The Morgan fingerprint density at radius 2 is 1.75 bits per heavy atom. The summed E-state index contributed by atoms with van der Waals surface area (Å²) in [7, 11) is 1.78. The molecule has 0 amide bonds. The zero-order valence-corrected chi connectivity index (χ0v) is 12.5. The van der Waals surface area contributed by atoms with Gasteiger partial charge in [-0.3, -0.25) is 4.90 Å². The summed E-state index contributed by atoms with van der Waals surface area (Å²) < 4.78 is 5.52. The SMILES string of the molecule is COc1ccccc1C1CCC(N2CCNCC2)CC1. The summed E-state index contributed by atoms with van der Waals surface area (Å²) in [4.78, 5) is 2.69. The van der Waals surface area contributed by atoms with Gasteiger partial charge in [-0.25, -0.2) is 0 Å². The largest absolute Gasteiger partial charge is 0.496 e. The van der Waals surface area contributed by atoms with Gasteiger partial charge in [0.2, 0.25) is 0 Å². The molecule has 0 radical (unpaired) electrons. The first kappa shape index (κ1) is 13.9. The molecule has 0 unspecified atom stereocenters. The Kier molecular flexibility index (Phi) is 4.58. The molecule has 3 heteroatoms. The standard InChI is InChI=1S/C17H26N2O/c1-20-17-5-3-2-4-16(17)14-6-8-15(9-7-14)19-12-10-18-11-13-19/h2-5,14-15,18H,6-13H2,1H3. The predicted octanol–water partition coefficient (Wildman–Crippen LogP) is 2.63. The fourth-order valence-electron chi connectivity index (χ4n) is 3.80. The van der Waals surface area contributed by atoms with Crippen molar-refractivity contribution in [2.45, 2.75) is 37.6 Å². The van der Waals surface area contributed by atoms with E-state index in [4.69, 9.17) is 4.74 Å². The van der Waals surface area contributed by atoms with Gasteiger partial charge in [0.05, 0.1) is 7.11 Å². The second-order valence-corrected chi connectivity index (χ2v) is 6.03. The van der Waals surface area contributed by atoms with Crippen molar-refractivity contribution < 1.29 is 4.74 Å². The summed E-state index contributed by atoms with van der Waals surface area (Å²) in [5, 5.41) is 3.45. The molecule has 1 aromatic carbocycles. The normalized spacial score (nSPS) is 28.2. The maximum atomic E-state index is 5.52. The summed E-state index contributed by atoms with van der Waals surface area (Å²) in [6.45, 7) is 4.77. The molecule has 0 aromatic heterocycles. The molecule has 1 heterocycles. The Morgan fingerprint density at radius 3 is 2.45 bits per heavy atom. The smallest absolute Gasteiger partial charge is 0.122 e. The van der Waals surface area contributed by atoms with Crippen LogP contribution in [-0.2, 0) is 0 Å². The second-order valence-electron chi connectivity index (χ2n) is 6.03. The van der Waals surface area contributed by atoms with Gasteiger partial charge < -0.3 is 10.1 Å². The van der Waals surface area contributed by atoms with Crippen LogP contribution in [0.3, 0.4) is 0 Å². The Labute approximate surface area is 122 Å². The van der Waals surface area contributed by atoms with Crippen LogP contribution in [0.2, 0.25) is 0 Å². The van der Waals surface area contributed by atoms with Gasteiger partial charge in [0, 0.05) is 32.2 Å². The Hall–Kier alpha value is -1.06. The quantitative estimate of drug-likeness (QED) is 0.917. The molecular formula is C17H26N2O. The summed E-state index contributed by atoms with van der Waals surface area (Å²) in [5.74, 6) is 1.75. The van der Waals surface area contributed by atoms with Crippen molar-refractivity contribution in [2.24, 2.45) is 0 Å². The zero-order valence-electron chi connectivity index (χ0n) is 12.5. The van der Waals surface area contributed by atoms with Crippen LogP contribution in [-0.4, -0.2) is 44.2 Å². The van der Waals surface area contributed by atoms with Crippen LogP contribution in [0.4, 0.5) is 0 Å². The van der Waals surface area contributed by atoms with Crippen LogP contribution in [0.15, 0.2) is 24.3 Å². The summed E-state index contributed by atoms with van der Waals surface area (Å²) >= 11 is 0. The van der Waals surface area contributed by atoms with Crippen LogP contribution in [0.5, 0.6) is 5.75 Å². The number of hydrogen-bond donors (Lipinski definition) is 1. The predicted molar refractivity (Wildman–Crippen MR) is 82.4 cm³/mol. The van der Waals surface area contributed by atoms with Gasteiger partial charge in [0.25, 0.3) is 0 Å². The molecule has 2 fully saturated rings. The molecule has 1 saturated carbocycles. The number of benzene rings is 1. The molecule has 1 aromatic rings. The van der Waals surface area contributed by atoms with Crippen molar-refractivity contribution in [3.05, 3.63) is 29.8 Å². The number of hydrogen-bond acceptors (Lipinski definition) is 3. The molecule has 1 aliphatic heterocycles. The van der Waals surface area contributed by atoms with Crippen LogP contribution >= 0.6 is 0 Å². The minimum absolute atomic E-state index is 0.685. The number of nitrogens with zero attached hydrogens (tertiary/aromatic N) is 1. The fraction of sp³-hybridized carbons (Fsp3) is 0.647. The summed E-state index contributed by atoms with van der Waals surface area (Å²) in [6.07, 6.45) is 5.27. The van der Waals surface area contributed by atoms with Gasteiger partial charge in [-0.05, 0) is 43.2 Å². The summed E-state index contributed by atoms with van der Waals surface area (Å²) in [6, 6.07) is 9.35. The van der Waals surface area contributed by atoms with Gasteiger partial charge in [-0.15, -0.1) is 0 Å². The first-order valence-corrected chi connectivity index (χ1v) is 7.96. The molecule has 1 saturated heterocycles. The number of ether oxygens (including phenoxy) is 1. The third kappa shape index (κ3) is 2.99. The van der Waals surface area contributed by atoms with Gasteiger partial charge in [0.1, 0.15) is 5.75 Å². The van der Waals surface area contributed by atoms with E-state index in [0.29, 0.717) is 5.92 Å². The van der Waals surface area contributed by atoms with E-state index in [1.165, 1.54) is 44.3 Å². The number of rotatable bonds is 3. The lowest BCUT2D eigenvalue weighted by Gasteiger charge is -2.39. The van der Waals surface area contributed by atoms with E-state index < -0.39 is 0 Å². The average Bonchev–Trinajstić information content (AvgIpc) is 2.56. The molecule has 0 spiro atoms. The van der Waals surface area contributed by atoms with Crippen molar-refractivity contribution in [3.63, 3.8) is 0 Å². The highest BCUT2D eigenvalue weighted by atomic mass is 16.5. The first-order chi connectivity index (χ1) is 9.88. The van der Waals surface area contributed by atoms with Crippen molar-refractivity contribution in [1.29, 1.82) is 0 Å². The molecule has 1 N–H and O–H groups in total. The molecule has 20 heavy (non-hydrogen) atoms. The molecule has 110 valence electrons. The van der Waals surface area contributed by atoms with E-state index in [9.17, 15) is 0 Å². The van der Waals surface area contributed by atoms with Gasteiger partial charge in [-0.1, -0.05) is 18.2 Å². The van der Waals surface area contributed by atoms with E-state index in [-0.39, 0.29) is 0 Å². The first-order valence-electron chi connectivity index (χ1n) is 7.96. The van der Waals surface area contributed by atoms with Crippen LogP contribution < -0.4 is 10.1 Å². The minimum atomic E-state index is 0.685. The molecule has 3 nitrogen and oxygen atoms in total. The van der Waals surface area contributed by atoms with Crippen molar-refractivity contribution in [3.8, 4) is 5.75 Å². The van der Waals surface area contributed by atoms with E-state index in [1.54, 1.807) is 7.11 Å². The van der Waals surface area contributed by atoms with Crippen molar-refractivity contribution in [2.75, 3.05) is 33.3 Å². The highest BCUT2D eigenvalue weighted by molar-refractivity contribution is 5.36. The average molecular weight is 274 g/mol. The monoisotopic (exact) mass is 274 g/mol. The Morgan fingerprint density at radius 1 is 1.05 bits per heavy atom. The number of para-hydroxylation sites is 1. The van der Waals surface area contributed by atoms with Crippen molar-refractivity contribution >= 4 is 0 Å².